The van der Waals surface area contributed by atoms with Crippen LogP contribution >= 0.6 is 11.8 Å². The highest BCUT2D eigenvalue weighted by Crippen LogP contribution is 2.31. The first kappa shape index (κ1) is 15.6. The van der Waals surface area contributed by atoms with Gasteiger partial charge in [0.05, 0.1) is 5.56 Å². The average molecular weight is 300 g/mol. The van der Waals surface area contributed by atoms with E-state index in [2.05, 4.69) is 37.0 Å². The second-order valence-electron chi connectivity index (χ2n) is 5.05. The molecule has 3 nitrogen and oxygen atoms in total. The molecular formula is C17H20N2OS. The maximum absolute atomic E-state index is 12.4. The Bertz CT molecular complexity index is 655. The lowest BCUT2D eigenvalue weighted by atomic mass is 10.2. The van der Waals surface area contributed by atoms with Crippen LogP contribution in [0.15, 0.2) is 46.5 Å². The van der Waals surface area contributed by atoms with Crippen molar-refractivity contribution >= 4 is 17.7 Å². The van der Waals surface area contributed by atoms with Gasteiger partial charge in [0.25, 0.3) is 5.91 Å². The van der Waals surface area contributed by atoms with E-state index in [0.717, 1.165) is 9.92 Å². The fraction of sp³-hybridized carbons (Fsp3) is 0.294. The lowest BCUT2D eigenvalue weighted by Gasteiger charge is -2.16. The lowest BCUT2D eigenvalue weighted by Crippen LogP contribution is -2.26. The standard InChI is InChI=1S/C17H20N2OS/c1-5-19(4)17(20)14-7-6-10-18-16(14)21-15-9-8-12(2)11-13(15)3/h6-11H,5H2,1-4H3. The Hall–Kier alpha value is -1.81. The molecule has 0 radical (unpaired) electrons. The van der Waals surface area contributed by atoms with E-state index in [1.807, 2.05) is 19.1 Å². The van der Waals surface area contributed by atoms with Crippen molar-refractivity contribution in [3.63, 3.8) is 0 Å². The van der Waals surface area contributed by atoms with Crippen LogP contribution in [0.2, 0.25) is 0 Å². The Morgan fingerprint density at radius 2 is 2.05 bits per heavy atom. The van der Waals surface area contributed by atoms with Gasteiger partial charge in [-0.05, 0) is 44.5 Å². The second-order valence-corrected chi connectivity index (χ2v) is 6.08. The van der Waals surface area contributed by atoms with Crippen LogP contribution in [-0.4, -0.2) is 29.4 Å². The third kappa shape index (κ3) is 3.64. The van der Waals surface area contributed by atoms with Gasteiger partial charge in [-0.15, -0.1) is 0 Å². The first-order valence-electron chi connectivity index (χ1n) is 6.98. The van der Waals surface area contributed by atoms with Crippen molar-refractivity contribution in [2.75, 3.05) is 13.6 Å². The zero-order chi connectivity index (χ0) is 15.4. The van der Waals surface area contributed by atoms with Crippen molar-refractivity contribution in [1.82, 2.24) is 9.88 Å². The van der Waals surface area contributed by atoms with Crippen molar-refractivity contribution in [2.45, 2.75) is 30.7 Å². The van der Waals surface area contributed by atoms with Crippen molar-refractivity contribution in [2.24, 2.45) is 0 Å². The fourth-order valence-electron chi connectivity index (χ4n) is 2.00. The smallest absolute Gasteiger partial charge is 0.256 e. The molecule has 0 saturated carbocycles. The molecule has 0 N–H and O–H groups in total. The maximum Gasteiger partial charge on any atom is 0.256 e. The molecule has 2 aromatic rings. The summed E-state index contributed by atoms with van der Waals surface area (Å²) in [5.74, 6) is 0.0119. The molecular weight excluding hydrogens is 280 g/mol. The largest absolute Gasteiger partial charge is 0.342 e. The van der Waals surface area contributed by atoms with E-state index >= 15 is 0 Å². The van der Waals surface area contributed by atoms with Gasteiger partial charge in [0.15, 0.2) is 0 Å². The van der Waals surface area contributed by atoms with Crippen LogP contribution in [0.1, 0.15) is 28.4 Å². The van der Waals surface area contributed by atoms with E-state index in [4.69, 9.17) is 0 Å². The fourth-order valence-corrected chi connectivity index (χ4v) is 2.95. The Balaban J connectivity index is 2.34. The van der Waals surface area contributed by atoms with E-state index in [-0.39, 0.29) is 5.91 Å². The number of aromatic nitrogens is 1. The summed E-state index contributed by atoms with van der Waals surface area (Å²) in [6.45, 7) is 6.80. The van der Waals surface area contributed by atoms with Gasteiger partial charge in [-0.1, -0.05) is 29.5 Å². The molecule has 0 fully saturated rings. The van der Waals surface area contributed by atoms with Crippen LogP contribution in [0.4, 0.5) is 0 Å². The second kappa shape index (κ2) is 6.76. The molecule has 0 aliphatic carbocycles. The minimum atomic E-state index is 0.0119. The molecule has 0 saturated heterocycles. The first-order valence-corrected chi connectivity index (χ1v) is 7.80. The van der Waals surface area contributed by atoms with Gasteiger partial charge in [-0.3, -0.25) is 4.79 Å². The predicted octanol–water partition coefficient (Wildman–Crippen LogP) is 3.94. The third-order valence-electron chi connectivity index (χ3n) is 3.36. The molecule has 0 bridgehead atoms. The Kier molecular flexibility index (Phi) is 5.02. The maximum atomic E-state index is 12.4. The number of amides is 1. The molecule has 0 atom stereocenters. The van der Waals surface area contributed by atoms with Crippen molar-refractivity contribution in [1.29, 1.82) is 0 Å². The van der Waals surface area contributed by atoms with Crippen molar-refractivity contribution < 1.29 is 4.79 Å². The topological polar surface area (TPSA) is 33.2 Å². The summed E-state index contributed by atoms with van der Waals surface area (Å²) >= 11 is 1.55. The molecule has 0 aliphatic heterocycles. The molecule has 21 heavy (non-hydrogen) atoms. The Labute approximate surface area is 130 Å². The van der Waals surface area contributed by atoms with Crippen LogP contribution in [0, 0.1) is 13.8 Å². The van der Waals surface area contributed by atoms with Gasteiger partial charge in [0.2, 0.25) is 0 Å². The molecule has 1 heterocycles. The van der Waals surface area contributed by atoms with E-state index in [0.29, 0.717) is 12.1 Å². The zero-order valence-corrected chi connectivity index (χ0v) is 13.7. The van der Waals surface area contributed by atoms with Gasteiger partial charge in [0.1, 0.15) is 5.03 Å². The summed E-state index contributed by atoms with van der Waals surface area (Å²) in [6.07, 6.45) is 1.73. The number of carbonyl (C=O) groups is 1. The molecule has 0 aliphatic rings. The van der Waals surface area contributed by atoms with Gasteiger partial charge < -0.3 is 4.90 Å². The quantitative estimate of drug-likeness (QED) is 0.857. The highest BCUT2D eigenvalue weighted by atomic mass is 32.2. The molecule has 0 spiro atoms. The summed E-state index contributed by atoms with van der Waals surface area (Å²) in [4.78, 5) is 19.6. The predicted molar refractivity (Wildman–Crippen MR) is 86.9 cm³/mol. The number of rotatable bonds is 4. The summed E-state index contributed by atoms with van der Waals surface area (Å²) in [7, 11) is 1.81. The number of aryl methyl sites for hydroxylation is 2. The van der Waals surface area contributed by atoms with Gasteiger partial charge in [0, 0.05) is 24.7 Å². The van der Waals surface area contributed by atoms with Crippen LogP contribution in [0.5, 0.6) is 0 Å². The number of hydrogen-bond acceptors (Lipinski definition) is 3. The number of nitrogens with zero attached hydrogens (tertiary/aromatic N) is 2. The first-order chi connectivity index (χ1) is 10.0. The average Bonchev–Trinajstić information content (AvgIpc) is 2.49. The minimum Gasteiger partial charge on any atom is -0.342 e. The number of carbonyl (C=O) groups excluding carboxylic acids is 1. The van der Waals surface area contributed by atoms with Gasteiger partial charge >= 0.3 is 0 Å². The van der Waals surface area contributed by atoms with Crippen LogP contribution < -0.4 is 0 Å². The van der Waals surface area contributed by atoms with Gasteiger partial charge in [-0.2, -0.15) is 0 Å². The van der Waals surface area contributed by atoms with E-state index in [9.17, 15) is 4.79 Å². The molecule has 4 heteroatoms. The lowest BCUT2D eigenvalue weighted by molar-refractivity contribution is 0.0798. The van der Waals surface area contributed by atoms with Crippen molar-refractivity contribution in [3.8, 4) is 0 Å². The molecule has 1 amide bonds. The van der Waals surface area contributed by atoms with Crippen LogP contribution in [0.3, 0.4) is 0 Å². The minimum absolute atomic E-state index is 0.0119. The van der Waals surface area contributed by atoms with E-state index in [1.54, 1.807) is 29.9 Å². The van der Waals surface area contributed by atoms with Crippen LogP contribution in [-0.2, 0) is 0 Å². The Morgan fingerprint density at radius 1 is 1.29 bits per heavy atom. The summed E-state index contributed by atoms with van der Waals surface area (Å²) in [5, 5.41) is 0.759. The number of benzene rings is 1. The Morgan fingerprint density at radius 3 is 2.71 bits per heavy atom. The highest BCUT2D eigenvalue weighted by Gasteiger charge is 2.16. The summed E-state index contributed by atoms with van der Waals surface area (Å²) in [5.41, 5.74) is 3.10. The van der Waals surface area contributed by atoms with Crippen LogP contribution in [0.25, 0.3) is 0 Å². The third-order valence-corrected chi connectivity index (χ3v) is 4.56. The number of hydrogen-bond donors (Lipinski definition) is 0. The molecule has 2 rings (SSSR count). The number of pyridine rings is 1. The summed E-state index contributed by atoms with van der Waals surface area (Å²) in [6, 6.07) is 9.96. The molecule has 1 aromatic carbocycles. The normalized spacial score (nSPS) is 10.5. The monoisotopic (exact) mass is 300 g/mol. The SMILES string of the molecule is CCN(C)C(=O)c1cccnc1Sc1ccc(C)cc1C. The zero-order valence-electron chi connectivity index (χ0n) is 12.9. The molecule has 0 unspecified atom stereocenters. The van der Waals surface area contributed by atoms with E-state index in [1.165, 1.54) is 11.1 Å². The van der Waals surface area contributed by atoms with E-state index < -0.39 is 0 Å². The van der Waals surface area contributed by atoms with Gasteiger partial charge in [-0.25, -0.2) is 4.98 Å². The summed E-state index contributed by atoms with van der Waals surface area (Å²) < 4.78 is 0. The molecule has 110 valence electrons. The van der Waals surface area contributed by atoms with Crippen molar-refractivity contribution in [3.05, 3.63) is 53.2 Å². The highest BCUT2D eigenvalue weighted by molar-refractivity contribution is 7.99. The molecule has 1 aromatic heterocycles.